The van der Waals surface area contributed by atoms with E-state index in [1.54, 1.807) is 14.2 Å². The van der Waals surface area contributed by atoms with Gasteiger partial charge in [0.1, 0.15) is 0 Å². The fourth-order valence-electron chi connectivity index (χ4n) is 0.590. The molecule has 0 saturated carbocycles. The van der Waals surface area contributed by atoms with E-state index >= 15 is 0 Å². The van der Waals surface area contributed by atoms with Crippen LogP contribution in [0.3, 0.4) is 0 Å². The zero-order valence-corrected chi connectivity index (χ0v) is 6.86. The summed E-state index contributed by atoms with van der Waals surface area (Å²) in [6.07, 6.45) is 1.92. The molecular formula is C6H14O2S. The summed E-state index contributed by atoms with van der Waals surface area (Å²) in [5, 5.41) is 0. The number of rotatable bonds is 5. The molecule has 0 aliphatic heterocycles. The van der Waals surface area contributed by atoms with Crippen molar-refractivity contribution in [2.75, 3.05) is 20.0 Å². The van der Waals surface area contributed by atoms with E-state index < -0.39 is 0 Å². The molecule has 0 saturated heterocycles. The third-order valence-corrected chi connectivity index (χ3v) is 1.44. The first-order valence-electron chi connectivity index (χ1n) is 3.01. The minimum Gasteiger partial charge on any atom is -0.356 e. The van der Waals surface area contributed by atoms with E-state index in [1.165, 1.54) is 0 Å². The summed E-state index contributed by atoms with van der Waals surface area (Å²) in [4.78, 5) is 0. The van der Waals surface area contributed by atoms with Gasteiger partial charge in [-0.1, -0.05) is 0 Å². The van der Waals surface area contributed by atoms with Crippen LogP contribution >= 0.6 is 12.6 Å². The van der Waals surface area contributed by atoms with Crippen LogP contribution in [0.1, 0.15) is 12.8 Å². The Kier molecular flexibility index (Phi) is 6.58. The molecule has 0 radical (unpaired) electrons. The number of hydrogen-bond donors (Lipinski definition) is 1. The SMILES string of the molecule is COC(CCCS)OC. The summed E-state index contributed by atoms with van der Waals surface area (Å²) < 4.78 is 9.89. The minimum absolute atomic E-state index is 0.0443. The van der Waals surface area contributed by atoms with Crippen LogP contribution in [-0.4, -0.2) is 26.3 Å². The van der Waals surface area contributed by atoms with Crippen LogP contribution in [0.2, 0.25) is 0 Å². The van der Waals surface area contributed by atoms with Gasteiger partial charge < -0.3 is 9.47 Å². The fourth-order valence-corrected chi connectivity index (χ4v) is 0.772. The molecule has 0 atom stereocenters. The van der Waals surface area contributed by atoms with Crippen molar-refractivity contribution >= 4 is 12.6 Å². The summed E-state index contributed by atoms with van der Waals surface area (Å²) >= 11 is 4.06. The highest BCUT2D eigenvalue weighted by Crippen LogP contribution is 2.01. The van der Waals surface area contributed by atoms with Crippen molar-refractivity contribution in [3.8, 4) is 0 Å². The Balaban J connectivity index is 3.09. The molecule has 0 rings (SSSR count). The van der Waals surface area contributed by atoms with Crippen molar-refractivity contribution in [1.29, 1.82) is 0 Å². The zero-order valence-electron chi connectivity index (χ0n) is 5.96. The molecule has 0 spiro atoms. The highest BCUT2D eigenvalue weighted by Gasteiger charge is 2.01. The Morgan fingerprint density at radius 1 is 1.33 bits per heavy atom. The van der Waals surface area contributed by atoms with Crippen molar-refractivity contribution in [2.45, 2.75) is 19.1 Å². The third-order valence-electron chi connectivity index (χ3n) is 1.12. The molecule has 0 aromatic rings. The zero-order chi connectivity index (χ0) is 7.11. The summed E-state index contributed by atoms with van der Waals surface area (Å²) in [5.41, 5.74) is 0. The molecule has 0 aliphatic rings. The third kappa shape index (κ3) is 4.75. The first-order chi connectivity index (χ1) is 4.35. The maximum Gasteiger partial charge on any atom is 0.156 e. The monoisotopic (exact) mass is 150 g/mol. The van der Waals surface area contributed by atoms with Crippen LogP contribution in [0.25, 0.3) is 0 Å². The lowest BCUT2D eigenvalue weighted by molar-refractivity contribution is -0.106. The van der Waals surface area contributed by atoms with E-state index in [9.17, 15) is 0 Å². The molecule has 9 heavy (non-hydrogen) atoms. The van der Waals surface area contributed by atoms with Gasteiger partial charge in [0, 0.05) is 14.2 Å². The maximum absolute atomic E-state index is 4.95. The quantitative estimate of drug-likeness (QED) is 0.470. The molecule has 0 fully saturated rings. The van der Waals surface area contributed by atoms with Gasteiger partial charge in [0.15, 0.2) is 6.29 Å². The topological polar surface area (TPSA) is 18.5 Å². The van der Waals surface area contributed by atoms with Gasteiger partial charge in [-0.2, -0.15) is 12.6 Å². The molecule has 0 amide bonds. The van der Waals surface area contributed by atoms with E-state index in [1.807, 2.05) is 0 Å². The molecule has 0 N–H and O–H groups in total. The summed E-state index contributed by atoms with van der Waals surface area (Å²) in [6.45, 7) is 0. The van der Waals surface area contributed by atoms with Crippen LogP contribution in [-0.2, 0) is 9.47 Å². The Labute approximate surface area is 61.9 Å². The molecule has 0 bridgehead atoms. The predicted molar refractivity (Wildman–Crippen MR) is 40.9 cm³/mol. The minimum atomic E-state index is -0.0443. The first kappa shape index (κ1) is 9.27. The van der Waals surface area contributed by atoms with Crippen LogP contribution in [0.15, 0.2) is 0 Å². The Morgan fingerprint density at radius 2 is 1.89 bits per heavy atom. The van der Waals surface area contributed by atoms with E-state index in [0.717, 1.165) is 18.6 Å². The van der Waals surface area contributed by atoms with Crippen molar-refractivity contribution in [1.82, 2.24) is 0 Å². The second kappa shape index (κ2) is 6.39. The molecule has 56 valence electrons. The van der Waals surface area contributed by atoms with E-state index in [2.05, 4.69) is 12.6 Å². The second-order valence-corrected chi connectivity index (χ2v) is 2.21. The van der Waals surface area contributed by atoms with Crippen molar-refractivity contribution in [3.05, 3.63) is 0 Å². The molecule has 0 heterocycles. The second-order valence-electron chi connectivity index (χ2n) is 1.77. The van der Waals surface area contributed by atoms with Gasteiger partial charge in [-0.3, -0.25) is 0 Å². The van der Waals surface area contributed by atoms with Crippen LogP contribution in [0, 0.1) is 0 Å². The van der Waals surface area contributed by atoms with E-state index in [0.29, 0.717) is 0 Å². The molecule has 0 unspecified atom stereocenters. The van der Waals surface area contributed by atoms with Crippen molar-refractivity contribution < 1.29 is 9.47 Å². The number of methoxy groups -OCH3 is 2. The molecular weight excluding hydrogens is 136 g/mol. The van der Waals surface area contributed by atoms with Gasteiger partial charge >= 0.3 is 0 Å². The molecule has 3 heteroatoms. The Morgan fingerprint density at radius 3 is 2.22 bits per heavy atom. The molecule has 0 aromatic carbocycles. The summed E-state index contributed by atoms with van der Waals surface area (Å²) in [6, 6.07) is 0. The average Bonchev–Trinajstić information content (AvgIpc) is 1.91. The lowest BCUT2D eigenvalue weighted by Gasteiger charge is -2.11. The number of hydrogen-bond acceptors (Lipinski definition) is 3. The molecule has 2 nitrogen and oxygen atoms in total. The Hall–Kier alpha value is 0.270. The highest BCUT2D eigenvalue weighted by molar-refractivity contribution is 7.80. The standard InChI is InChI=1S/C6H14O2S/c1-7-6(8-2)4-3-5-9/h6,9H,3-5H2,1-2H3. The maximum atomic E-state index is 4.95. The van der Waals surface area contributed by atoms with Gasteiger partial charge in [-0.25, -0.2) is 0 Å². The lowest BCUT2D eigenvalue weighted by Crippen LogP contribution is -2.12. The predicted octanol–water partition coefficient (Wildman–Crippen LogP) is 1.32. The van der Waals surface area contributed by atoms with Crippen LogP contribution < -0.4 is 0 Å². The highest BCUT2D eigenvalue weighted by atomic mass is 32.1. The van der Waals surface area contributed by atoms with Crippen LogP contribution in [0.5, 0.6) is 0 Å². The molecule has 0 aliphatic carbocycles. The largest absolute Gasteiger partial charge is 0.356 e. The smallest absolute Gasteiger partial charge is 0.156 e. The van der Waals surface area contributed by atoms with E-state index in [4.69, 9.17) is 9.47 Å². The van der Waals surface area contributed by atoms with Gasteiger partial charge in [-0.05, 0) is 18.6 Å². The van der Waals surface area contributed by atoms with Crippen molar-refractivity contribution in [2.24, 2.45) is 0 Å². The summed E-state index contributed by atoms with van der Waals surface area (Å²) in [5.74, 6) is 0.892. The van der Waals surface area contributed by atoms with Gasteiger partial charge in [0.05, 0.1) is 0 Å². The first-order valence-corrected chi connectivity index (χ1v) is 3.64. The van der Waals surface area contributed by atoms with Crippen LogP contribution in [0.4, 0.5) is 0 Å². The number of thiol groups is 1. The normalized spacial score (nSPS) is 10.7. The number of ether oxygens (including phenoxy) is 2. The molecule has 0 aromatic heterocycles. The average molecular weight is 150 g/mol. The van der Waals surface area contributed by atoms with Crippen molar-refractivity contribution in [3.63, 3.8) is 0 Å². The van der Waals surface area contributed by atoms with Gasteiger partial charge in [-0.15, -0.1) is 0 Å². The fraction of sp³-hybridized carbons (Fsp3) is 1.00. The Bertz CT molecular complexity index is 55.0. The summed E-state index contributed by atoms with van der Waals surface area (Å²) in [7, 11) is 3.29. The van der Waals surface area contributed by atoms with Gasteiger partial charge in [0.2, 0.25) is 0 Å². The van der Waals surface area contributed by atoms with E-state index in [-0.39, 0.29) is 6.29 Å². The van der Waals surface area contributed by atoms with Gasteiger partial charge in [0.25, 0.3) is 0 Å². The lowest BCUT2D eigenvalue weighted by atomic mass is 10.3.